The smallest absolute Gasteiger partial charge is 0.478 e. The lowest BCUT2D eigenvalue weighted by atomic mass is 10.2. The highest BCUT2D eigenvalue weighted by molar-refractivity contribution is 6.04. The molecule has 172 valence electrons. The van der Waals surface area contributed by atoms with Crippen LogP contribution in [0.2, 0.25) is 0 Å². The van der Waals surface area contributed by atoms with E-state index < -0.39 is 30.3 Å². The Morgan fingerprint density at radius 2 is 1.31 bits per heavy atom. The molecule has 2 heterocycles. The maximum absolute atomic E-state index is 11.2. The number of para-hydroxylation sites is 1. The van der Waals surface area contributed by atoms with E-state index in [1.807, 2.05) is 41.0 Å². The van der Waals surface area contributed by atoms with Crippen LogP contribution in [0.1, 0.15) is 10.4 Å². The highest BCUT2D eigenvalue weighted by atomic mass is 19.4. The number of carboxylic acid groups (broad SMARTS) is 3. The van der Waals surface area contributed by atoms with Crippen molar-refractivity contribution in [2.75, 3.05) is 0 Å². The van der Waals surface area contributed by atoms with Crippen molar-refractivity contribution in [2.45, 2.75) is 12.4 Å². The van der Waals surface area contributed by atoms with Crippen LogP contribution in [0.5, 0.6) is 0 Å². The van der Waals surface area contributed by atoms with E-state index in [1.165, 1.54) is 0 Å². The normalized spacial score (nSPS) is 10.9. The minimum atomic E-state index is -5.08. The lowest BCUT2D eigenvalue weighted by Gasteiger charge is -2.03. The van der Waals surface area contributed by atoms with Gasteiger partial charge in [0, 0.05) is 17.8 Å². The second-order valence-corrected chi connectivity index (χ2v) is 5.55. The van der Waals surface area contributed by atoms with Gasteiger partial charge in [-0.2, -0.15) is 26.3 Å². The Morgan fingerprint density at radius 3 is 1.72 bits per heavy atom. The average Bonchev–Trinajstić information content (AvgIpc) is 3.08. The second kappa shape index (κ2) is 10.3. The summed E-state index contributed by atoms with van der Waals surface area (Å²) >= 11 is 0. The number of rotatable bonds is 2. The van der Waals surface area contributed by atoms with Crippen molar-refractivity contribution in [2.24, 2.45) is 0 Å². The van der Waals surface area contributed by atoms with E-state index in [2.05, 4.69) is 4.98 Å². The summed E-state index contributed by atoms with van der Waals surface area (Å²) in [6.45, 7) is 0. The maximum Gasteiger partial charge on any atom is 0.490 e. The molecule has 0 aliphatic rings. The summed E-state index contributed by atoms with van der Waals surface area (Å²) in [6.07, 6.45) is -5.14. The molecule has 14 heteroatoms. The van der Waals surface area contributed by atoms with E-state index in [4.69, 9.17) is 19.8 Å². The third-order valence-electron chi connectivity index (χ3n) is 3.35. The standard InChI is InChI=1S/C14H10N2O2.2C2HF3O2/c17-14(18)12-9-16(10-4-3-7-15-8-10)13-6-2-1-5-11(12)13;2*3-2(4,5)1(6)7/h1-9H,(H,17,18);2*(H,6,7). The molecule has 0 atom stereocenters. The first-order valence-electron chi connectivity index (χ1n) is 8.00. The van der Waals surface area contributed by atoms with Crippen molar-refractivity contribution in [3.8, 4) is 5.69 Å². The van der Waals surface area contributed by atoms with Crippen molar-refractivity contribution in [3.05, 3.63) is 60.6 Å². The summed E-state index contributed by atoms with van der Waals surface area (Å²) in [5.41, 5.74) is 2.01. The molecule has 3 aromatic rings. The third-order valence-corrected chi connectivity index (χ3v) is 3.35. The zero-order valence-electron chi connectivity index (χ0n) is 15.4. The SMILES string of the molecule is O=C(O)C(F)(F)F.O=C(O)C(F)(F)F.O=C(O)c1cn(-c2cccnc2)c2ccccc12. The fourth-order valence-electron chi connectivity index (χ4n) is 2.06. The average molecular weight is 466 g/mol. The number of alkyl halides is 6. The molecule has 8 nitrogen and oxygen atoms in total. The number of halogens is 6. The number of pyridine rings is 1. The molecule has 0 unspecified atom stereocenters. The number of carbonyl (C=O) groups is 3. The Bertz CT molecular complexity index is 1070. The van der Waals surface area contributed by atoms with Crippen LogP contribution in [-0.2, 0) is 9.59 Å². The Labute approximate surface area is 174 Å². The summed E-state index contributed by atoms with van der Waals surface area (Å²) < 4.78 is 65.3. The molecule has 32 heavy (non-hydrogen) atoms. The van der Waals surface area contributed by atoms with Gasteiger partial charge in [0.15, 0.2) is 0 Å². The van der Waals surface area contributed by atoms with Crippen LogP contribution < -0.4 is 0 Å². The van der Waals surface area contributed by atoms with Crippen LogP contribution in [-0.4, -0.2) is 55.1 Å². The van der Waals surface area contributed by atoms with Gasteiger partial charge >= 0.3 is 30.3 Å². The molecule has 1 aromatic carbocycles. The van der Waals surface area contributed by atoms with Crippen molar-refractivity contribution in [3.63, 3.8) is 0 Å². The lowest BCUT2D eigenvalue weighted by Crippen LogP contribution is -2.21. The Morgan fingerprint density at radius 1 is 0.812 bits per heavy atom. The highest BCUT2D eigenvalue weighted by Gasteiger charge is 2.38. The van der Waals surface area contributed by atoms with Gasteiger partial charge in [0.05, 0.1) is 23.0 Å². The van der Waals surface area contributed by atoms with Crippen LogP contribution in [0, 0.1) is 0 Å². The molecule has 3 rings (SSSR count). The number of hydrogen-bond acceptors (Lipinski definition) is 4. The Hall–Kier alpha value is -4.10. The molecule has 0 aliphatic heterocycles. The quantitative estimate of drug-likeness (QED) is 0.487. The van der Waals surface area contributed by atoms with Crippen molar-refractivity contribution < 1.29 is 56.0 Å². The Kier molecular flexibility index (Phi) is 8.33. The molecule has 0 bridgehead atoms. The molecule has 3 N–H and O–H groups in total. The van der Waals surface area contributed by atoms with Crippen LogP contribution >= 0.6 is 0 Å². The van der Waals surface area contributed by atoms with Gasteiger partial charge in [-0.1, -0.05) is 18.2 Å². The number of fused-ring (bicyclic) bond motifs is 1. The topological polar surface area (TPSA) is 130 Å². The van der Waals surface area contributed by atoms with E-state index in [1.54, 1.807) is 18.6 Å². The van der Waals surface area contributed by atoms with Crippen LogP contribution in [0.15, 0.2) is 55.0 Å². The number of aromatic carboxylic acids is 1. The van der Waals surface area contributed by atoms with Crippen LogP contribution in [0.4, 0.5) is 26.3 Å². The first-order valence-corrected chi connectivity index (χ1v) is 8.00. The molecule has 0 fully saturated rings. The zero-order valence-corrected chi connectivity index (χ0v) is 15.4. The van der Waals surface area contributed by atoms with Gasteiger partial charge in [-0.3, -0.25) is 4.98 Å². The zero-order chi connectivity index (χ0) is 24.7. The molecule has 0 saturated carbocycles. The van der Waals surface area contributed by atoms with Gasteiger partial charge in [0.25, 0.3) is 0 Å². The highest BCUT2D eigenvalue weighted by Crippen LogP contribution is 2.24. The van der Waals surface area contributed by atoms with E-state index in [-0.39, 0.29) is 0 Å². The van der Waals surface area contributed by atoms with Gasteiger partial charge < -0.3 is 19.9 Å². The molecular formula is C18H12F6N2O6. The van der Waals surface area contributed by atoms with Crippen LogP contribution in [0.3, 0.4) is 0 Å². The van der Waals surface area contributed by atoms with Crippen molar-refractivity contribution >= 4 is 28.8 Å². The van der Waals surface area contributed by atoms with E-state index >= 15 is 0 Å². The second-order valence-electron chi connectivity index (χ2n) is 5.55. The van der Waals surface area contributed by atoms with E-state index in [0.717, 1.165) is 16.6 Å². The number of hydrogen-bond donors (Lipinski definition) is 3. The van der Waals surface area contributed by atoms with Gasteiger partial charge in [-0.25, -0.2) is 14.4 Å². The number of carboxylic acids is 3. The van der Waals surface area contributed by atoms with E-state index in [9.17, 15) is 36.2 Å². The fourth-order valence-corrected chi connectivity index (χ4v) is 2.06. The minimum Gasteiger partial charge on any atom is -0.478 e. The van der Waals surface area contributed by atoms with Crippen LogP contribution in [0.25, 0.3) is 16.6 Å². The summed E-state index contributed by atoms with van der Waals surface area (Å²) in [7, 11) is 0. The number of aromatic nitrogens is 2. The summed E-state index contributed by atoms with van der Waals surface area (Å²) in [5.74, 6) is -6.44. The third kappa shape index (κ3) is 7.30. The van der Waals surface area contributed by atoms with Gasteiger partial charge in [0.2, 0.25) is 0 Å². The lowest BCUT2D eigenvalue weighted by molar-refractivity contribution is -0.193. The molecule has 0 spiro atoms. The monoisotopic (exact) mass is 466 g/mol. The van der Waals surface area contributed by atoms with Gasteiger partial charge in [-0.05, 0) is 18.2 Å². The van der Waals surface area contributed by atoms with E-state index in [0.29, 0.717) is 5.56 Å². The van der Waals surface area contributed by atoms with Crippen molar-refractivity contribution in [1.82, 2.24) is 9.55 Å². The van der Waals surface area contributed by atoms with Crippen molar-refractivity contribution in [1.29, 1.82) is 0 Å². The molecule has 0 saturated heterocycles. The summed E-state index contributed by atoms with van der Waals surface area (Å²) in [4.78, 5) is 33.1. The fraction of sp³-hybridized carbons (Fsp3) is 0.111. The summed E-state index contributed by atoms with van der Waals surface area (Å²) in [5, 5.41) is 24.2. The Balaban J connectivity index is 0.000000305. The van der Waals surface area contributed by atoms with Gasteiger partial charge in [-0.15, -0.1) is 0 Å². The molecular weight excluding hydrogens is 454 g/mol. The first-order chi connectivity index (χ1) is 14.7. The number of aliphatic carboxylic acids is 2. The molecule has 2 aromatic heterocycles. The largest absolute Gasteiger partial charge is 0.490 e. The first kappa shape index (κ1) is 25.9. The maximum atomic E-state index is 11.2. The molecule has 0 radical (unpaired) electrons. The van der Waals surface area contributed by atoms with Gasteiger partial charge in [0.1, 0.15) is 0 Å². The minimum absolute atomic E-state index is 0.300. The molecule has 0 aliphatic carbocycles. The number of benzene rings is 1. The predicted molar refractivity (Wildman–Crippen MR) is 95.4 cm³/mol. The summed E-state index contributed by atoms with van der Waals surface area (Å²) in [6, 6.07) is 11.2. The molecule has 0 amide bonds. The predicted octanol–water partition coefficient (Wildman–Crippen LogP) is 3.99. The number of nitrogens with zero attached hydrogens (tertiary/aromatic N) is 2.